The van der Waals surface area contributed by atoms with Crippen LogP contribution >= 0.6 is 0 Å². The first kappa shape index (κ1) is 17.0. The summed E-state index contributed by atoms with van der Waals surface area (Å²) >= 11 is 0. The van der Waals surface area contributed by atoms with Gasteiger partial charge in [0.25, 0.3) is 0 Å². The van der Waals surface area contributed by atoms with Crippen LogP contribution in [-0.4, -0.2) is 28.5 Å². The number of aliphatic hydroxyl groups excluding tert-OH is 1. The Kier molecular flexibility index (Phi) is 3.89. The zero-order valence-corrected chi connectivity index (χ0v) is 15.2. The van der Waals surface area contributed by atoms with Crippen molar-refractivity contribution in [1.82, 2.24) is 0 Å². The molecule has 4 saturated carbocycles. The van der Waals surface area contributed by atoms with Crippen LogP contribution < -0.4 is 0 Å². The van der Waals surface area contributed by atoms with E-state index in [1.165, 1.54) is 6.42 Å². The second kappa shape index (κ2) is 5.51. The molecule has 0 aliphatic heterocycles. The maximum absolute atomic E-state index is 11.8. The largest absolute Gasteiger partial charge is 0.393 e. The predicted molar refractivity (Wildman–Crippen MR) is 93.3 cm³/mol. The van der Waals surface area contributed by atoms with Crippen molar-refractivity contribution in [1.29, 1.82) is 0 Å². The minimum atomic E-state index is -0.616. The Morgan fingerprint density at radius 2 is 1.79 bits per heavy atom. The molecule has 0 radical (unpaired) electrons. The van der Waals surface area contributed by atoms with Gasteiger partial charge in [-0.15, -0.1) is 0 Å². The van der Waals surface area contributed by atoms with Gasteiger partial charge < -0.3 is 10.2 Å². The fourth-order valence-electron chi connectivity index (χ4n) is 7.70. The number of nitroso groups, excluding NO2 is 1. The smallest absolute Gasteiger partial charge is 0.0845 e. The van der Waals surface area contributed by atoms with Crippen LogP contribution in [-0.2, 0) is 0 Å². The van der Waals surface area contributed by atoms with E-state index in [0.717, 1.165) is 51.4 Å². The van der Waals surface area contributed by atoms with Gasteiger partial charge in [-0.2, -0.15) is 4.91 Å². The monoisotopic (exact) mass is 335 g/mol. The molecule has 8 atom stereocenters. The third-order valence-corrected chi connectivity index (χ3v) is 9.31. The quantitative estimate of drug-likeness (QED) is 0.752. The van der Waals surface area contributed by atoms with Crippen molar-refractivity contribution in [3.8, 4) is 0 Å². The van der Waals surface area contributed by atoms with Gasteiger partial charge in [-0.25, -0.2) is 0 Å². The summed E-state index contributed by atoms with van der Waals surface area (Å²) < 4.78 is 0. The van der Waals surface area contributed by atoms with Crippen LogP contribution in [0, 0.1) is 39.4 Å². The van der Waals surface area contributed by atoms with Gasteiger partial charge >= 0.3 is 0 Å². The molecule has 4 heteroatoms. The lowest BCUT2D eigenvalue weighted by Crippen LogP contribution is -2.62. The highest BCUT2D eigenvalue weighted by molar-refractivity contribution is 5.16. The molecule has 0 aromatic rings. The van der Waals surface area contributed by atoms with E-state index in [1.54, 1.807) is 0 Å². The normalized spacial score (nSPS) is 56.9. The fourth-order valence-corrected chi connectivity index (χ4v) is 7.70. The van der Waals surface area contributed by atoms with Crippen LogP contribution in [0.3, 0.4) is 0 Å². The van der Waals surface area contributed by atoms with Crippen LogP contribution in [0.2, 0.25) is 0 Å². The Morgan fingerprint density at radius 3 is 2.54 bits per heavy atom. The van der Waals surface area contributed by atoms with Crippen LogP contribution in [0.5, 0.6) is 0 Å². The van der Waals surface area contributed by atoms with E-state index in [-0.39, 0.29) is 22.9 Å². The number of fused-ring (bicyclic) bond motifs is 5. The number of aliphatic hydroxyl groups is 2. The first-order chi connectivity index (χ1) is 11.3. The molecule has 4 rings (SSSR count). The van der Waals surface area contributed by atoms with Crippen molar-refractivity contribution >= 4 is 0 Å². The Hall–Kier alpha value is -0.480. The lowest BCUT2D eigenvalue weighted by Gasteiger charge is -2.63. The maximum Gasteiger partial charge on any atom is 0.0845 e. The first-order valence-corrected chi connectivity index (χ1v) is 10.0. The van der Waals surface area contributed by atoms with Gasteiger partial charge in [-0.1, -0.05) is 19.0 Å². The predicted octanol–water partition coefficient (Wildman–Crippen LogP) is 3.89. The SMILES string of the molecule is C[C@]12CC[C@H](O)C[C@H]1CC[C@@H]1[C@@H]2CC[C@]2(C)[C@@H](CN=O)CC[C@]12O. The molecule has 2 N–H and O–H groups in total. The first-order valence-electron chi connectivity index (χ1n) is 10.0. The number of hydrogen-bond acceptors (Lipinski definition) is 4. The summed E-state index contributed by atoms with van der Waals surface area (Å²) in [4.78, 5) is 10.9. The summed E-state index contributed by atoms with van der Waals surface area (Å²) in [5.74, 6) is 1.80. The van der Waals surface area contributed by atoms with Crippen molar-refractivity contribution in [3.05, 3.63) is 4.91 Å². The van der Waals surface area contributed by atoms with E-state index >= 15 is 0 Å². The zero-order valence-electron chi connectivity index (χ0n) is 15.2. The molecule has 4 aliphatic carbocycles. The molecule has 0 saturated heterocycles. The lowest BCUT2D eigenvalue weighted by molar-refractivity contribution is -0.209. The topological polar surface area (TPSA) is 69.9 Å². The van der Waals surface area contributed by atoms with E-state index in [0.29, 0.717) is 24.3 Å². The van der Waals surface area contributed by atoms with Crippen LogP contribution in [0.25, 0.3) is 0 Å². The number of hydrogen-bond donors (Lipinski definition) is 2. The van der Waals surface area contributed by atoms with Crippen molar-refractivity contribution in [2.45, 2.75) is 83.3 Å². The molecule has 136 valence electrons. The number of nitrogens with zero attached hydrogens (tertiary/aromatic N) is 1. The van der Waals surface area contributed by atoms with Gasteiger partial charge in [0.15, 0.2) is 0 Å². The van der Waals surface area contributed by atoms with Gasteiger partial charge in [0.2, 0.25) is 0 Å². The molecule has 4 nitrogen and oxygen atoms in total. The lowest BCUT2D eigenvalue weighted by atomic mass is 9.43. The molecule has 24 heavy (non-hydrogen) atoms. The molecule has 0 heterocycles. The molecule has 0 aromatic heterocycles. The highest BCUT2D eigenvalue weighted by Crippen LogP contribution is 2.68. The van der Waals surface area contributed by atoms with E-state index in [4.69, 9.17) is 0 Å². The highest BCUT2D eigenvalue weighted by Gasteiger charge is 2.67. The summed E-state index contributed by atoms with van der Waals surface area (Å²) in [6.07, 6.45) is 9.07. The summed E-state index contributed by atoms with van der Waals surface area (Å²) in [5.41, 5.74) is -0.477. The van der Waals surface area contributed by atoms with Gasteiger partial charge in [0, 0.05) is 5.41 Å². The molecule has 0 bridgehead atoms. The molecule has 0 spiro atoms. The van der Waals surface area contributed by atoms with Gasteiger partial charge in [0.1, 0.15) is 0 Å². The Bertz CT molecular complexity index is 525. The molecular formula is C20H33NO3. The Labute approximate surface area is 145 Å². The second-order valence-electron chi connectivity index (χ2n) is 9.85. The maximum atomic E-state index is 11.8. The Morgan fingerprint density at radius 1 is 1.00 bits per heavy atom. The van der Waals surface area contributed by atoms with Gasteiger partial charge in [0.05, 0.1) is 18.2 Å². The average molecular weight is 335 g/mol. The molecule has 0 unspecified atom stereocenters. The van der Waals surface area contributed by atoms with Crippen molar-refractivity contribution in [3.63, 3.8) is 0 Å². The zero-order chi connectivity index (χ0) is 17.2. The standard InChI is InChI=1S/C20H33NO3/c1-18-8-6-15(22)11-13(18)3-4-17-16(18)7-9-19(2)14(12-21-24)5-10-20(17,19)23/h13-17,22-23H,3-12H2,1-2H3/t13-,14-,15+,16+,17-,18+,19-,20+/m1/s1. The Balaban J connectivity index is 1.65. The summed E-state index contributed by atoms with van der Waals surface area (Å²) in [7, 11) is 0. The fraction of sp³-hybridized carbons (Fsp3) is 1.00. The molecule has 0 aromatic carbocycles. The summed E-state index contributed by atoms with van der Waals surface area (Å²) in [6, 6.07) is 0. The summed E-state index contributed by atoms with van der Waals surface area (Å²) in [6.45, 7) is 5.03. The second-order valence-corrected chi connectivity index (χ2v) is 9.85. The molecule has 4 aliphatic rings. The minimum absolute atomic E-state index is 0.119. The summed E-state index contributed by atoms with van der Waals surface area (Å²) in [5, 5.41) is 25.1. The van der Waals surface area contributed by atoms with E-state index < -0.39 is 5.60 Å². The van der Waals surface area contributed by atoms with E-state index in [9.17, 15) is 15.1 Å². The third kappa shape index (κ3) is 2.05. The molecule has 4 fully saturated rings. The van der Waals surface area contributed by atoms with Gasteiger partial charge in [-0.05, 0) is 86.9 Å². The highest BCUT2D eigenvalue weighted by atomic mass is 16.3. The van der Waals surface area contributed by atoms with Crippen LogP contribution in [0.1, 0.15) is 71.6 Å². The number of rotatable bonds is 2. The minimum Gasteiger partial charge on any atom is -0.393 e. The van der Waals surface area contributed by atoms with Crippen molar-refractivity contribution in [2.24, 2.45) is 39.7 Å². The van der Waals surface area contributed by atoms with E-state index in [2.05, 4.69) is 19.0 Å². The van der Waals surface area contributed by atoms with Gasteiger partial charge in [-0.3, -0.25) is 0 Å². The van der Waals surface area contributed by atoms with E-state index in [1.807, 2.05) is 0 Å². The van der Waals surface area contributed by atoms with Crippen molar-refractivity contribution in [2.75, 3.05) is 6.54 Å². The molecule has 0 amide bonds. The van der Waals surface area contributed by atoms with Crippen LogP contribution in [0.15, 0.2) is 5.18 Å². The third-order valence-electron chi connectivity index (χ3n) is 9.31. The average Bonchev–Trinajstić information content (AvgIpc) is 2.81. The van der Waals surface area contributed by atoms with Crippen molar-refractivity contribution < 1.29 is 10.2 Å². The van der Waals surface area contributed by atoms with Crippen LogP contribution in [0.4, 0.5) is 0 Å². The molecular weight excluding hydrogens is 302 g/mol.